The lowest BCUT2D eigenvalue weighted by Gasteiger charge is -2.14. The first kappa shape index (κ1) is 22.8. The zero-order chi connectivity index (χ0) is 23.0. The Morgan fingerprint density at radius 3 is 2.58 bits per heavy atom. The number of fused-ring (bicyclic) bond motifs is 1. The van der Waals surface area contributed by atoms with Crippen LogP contribution in [-0.4, -0.2) is 26.8 Å². The Balaban J connectivity index is 1.71. The van der Waals surface area contributed by atoms with Crippen LogP contribution in [0, 0.1) is 5.82 Å². The number of carbonyl (C=O) groups is 1. The molecule has 2 aromatic rings. The summed E-state index contributed by atoms with van der Waals surface area (Å²) in [6.07, 6.45) is -9.64. The highest BCUT2D eigenvalue weighted by atomic mass is 19.4. The molecular weight excluding hydrogens is 433 g/mol. The molecule has 0 spiro atoms. The molecule has 1 aliphatic heterocycles. The van der Waals surface area contributed by atoms with Gasteiger partial charge in [-0.15, -0.1) is 0 Å². The fourth-order valence-electron chi connectivity index (χ4n) is 3.23. The number of pyridine rings is 1. The van der Waals surface area contributed by atoms with E-state index < -0.39 is 42.2 Å². The summed E-state index contributed by atoms with van der Waals surface area (Å²) in [4.78, 5) is 15.3. The van der Waals surface area contributed by atoms with Gasteiger partial charge in [-0.25, -0.2) is 9.37 Å². The van der Waals surface area contributed by atoms with Crippen LogP contribution >= 0.6 is 0 Å². The monoisotopic (exact) mass is 450 g/mol. The van der Waals surface area contributed by atoms with Crippen LogP contribution < -0.4 is 5.32 Å². The number of amides is 1. The van der Waals surface area contributed by atoms with E-state index in [1.54, 1.807) is 0 Å². The first-order valence-corrected chi connectivity index (χ1v) is 9.21. The van der Waals surface area contributed by atoms with E-state index in [-0.39, 0.29) is 29.7 Å². The van der Waals surface area contributed by atoms with Gasteiger partial charge >= 0.3 is 12.4 Å². The van der Waals surface area contributed by atoms with E-state index in [4.69, 9.17) is 0 Å². The maximum absolute atomic E-state index is 14.1. The molecule has 0 radical (unpaired) electrons. The molecule has 0 saturated carbocycles. The van der Waals surface area contributed by atoms with Gasteiger partial charge in [0.25, 0.3) is 0 Å². The second-order valence-corrected chi connectivity index (χ2v) is 7.11. The predicted molar refractivity (Wildman–Crippen MR) is 95.0 cm³/mol. The number of nitrogens with one attached hydrogen (secondary N) is 1. The maximum Gasteiger partial charge on any atom is 0.433 e. The van der Waals surface area contributed by atoms with Crippen molar-refractivity contribution in [2.45, 2.75) is 50.6 Å². The summed E-state index contributed by atoms with van der Waals surface area (Å²) in [6.45, 7) is 3.82. The lowest BCUT2D eigenvalue weighted by atomic mass is 10.1. The zero-order valence-corrected chi connectivity index (χ0v) is 15.9. The Morgan fingerprint density at radius 2 is 1.94 bits per heavy atom. The molecule has 1 atom stereocenters. The molecule has 0 aromatic carbocycles. The number of hydrogen-bond acceptors (Lipinski definition) is 3. The van der Waals surface area contributed by atoms with Gasteiger partial charge in [0.15, 0.2) is 5.82 Å². The minimum absolute atomic E-state index is 0.0163. The molecule has 0 fully saturated rings. The Bertz CT molecular complexity index is 994. The van der Waals surface area contributed by atoms with E-state index in [1.165, 1.54) is 10.7 Å². The highest BCUT2D eigenvalue weighted by Gasteiger charge is 2.34. The Hall–Kier alpha value is -2.92. The van der Waals surface area contributed by atoms with E-state index in [0.29, 0.717) is 30.9 Å². The molecule has 3 rings (SSSR count). The smallest absolute Gasteiger partial charge is 0.344 e. The van der Waals surface area contributed by atoms with Crippen molar-refractivity contribution in [1.82, 2.24) is 20.1 Å². The van der Waals surface area contributed by atoms with Gasteiger partial charge in [0, 0.05) is 24.1 Å². The average Bonchev–Trinajstić information content (AvgIpc) is 3.21. The van der Waals surface area contributed by atoms with E-state index in [0.717, 1.165) is 0 Å². The van der Waals surface area contributed by atoms with Crippen LogP contribution in [0.5, 0.6) is 0 Å². The molecule has 168 valence electrons. The van der Waals surface area contributed by atoms with Crippen LogP contribution in [0.2, 0.25) is 0 Å². The van der Waals surface area contributed by atoms with Gasteiger partial charge in [-0.3, -0.25) is 9.48 Å². The number of hydrogen-bond donors (Lipinski definition) is 1. The van der Waals surface area contributed by atoms with Crippen molar-refractivity contribution in [2.75, 3.05) is 0 Å². The fourth-order valence-corrected chi connectivity index (χ4v) is 3.23. The number of nitrogens with zero attached hydrogens (tertiary/aromatic N) is 3. The predicted octanol–water partition coefficient (Wildman–Crippen LogP) is 4.95. The molecule has 1 unspecified atom stereocenters. The molecule has 0 aliphatic carbocycles. The molecule has 3 heterocycles. The van der Waals surface area contributed by atoms with Crippen molar-refractivity contribution in [3.8, 4) is 11.3 Å². The van der Waals surface area contributed by atoms with Crippen LogP contribution in [0.15, 0.2) is 30.5 Å². The van der Waals surface area contributed by atoms with E-state index in [2.05, 4.69) is 22.0 Å². The summed E-state index contributed by atoms with van der Waals surface area (Å²) in [5, 5.41) is 6.74. The van der Waals surface area contributed by atoms with Crippen molar-refractivity contribution < 1.29 is 35.5 Å². The Morgan fingerprint density at radius 1 is 1.23 bits per heavy atom. The quantitative estimate of drug-likeness (QED) is 0.500. The van der Waals surface area contributed by atoms with E-state index >= 15 is 0 Å². The van der Waals surface area contributed by atoms with E-state index in [1.807, 2.05) is 0 Å². The summed E-state index contributed by atoms with van der Waals surface area (Å²) in [7, 11) is 0. The lowest BCUT2D eigenvalue weighted by Crippen LogP contribution is -2.28. The normalized spacial score (nSPS) is 16.3. The van der Waals surface area contributed by atoms with Crippen molar-refractivity contribution in [3.05, 3.63) is 47.7 Å². The topological polar surface area (TPSA) is 59.8 Å². The van der Waals surface area contributed by atoms with Gasteiger partial charge in [-0.05, 0) is 31.4 Å². The highest BCUT2D eigenvalue weighted by Crippen LogP contribution is 2.34. The van der Waals surface area contributed by atoms with Crippen LogP contribution in [0.25, 0.3) is 11.3 Å². The minimum Gasteiger partial charge on any atom is -0.344 e. The van der Waals surface area contributed by atoms with Crippen molar-refractivity contribution in [1.29, 1.82) is 0 Å². The molecule has 31 heavy (non-hydrogen) atoms. The van der Waals surface area contributed by atoms with Crippen molar-refractivity contribution in [3.63, 3.8) is 0 Å². The van der Waals surface area contributed by atoms with Crippen molar-refractivity contribution >= 4 is 5.91 Å². The first-order chi connectivity index (χ1) is 14.3. The molecule has 1 N–H and O–H groups in total. The second kappa shape index (κ2) is 8.31. The molecular formula is C19H17F7N4O. The first-order valence-electron chi connectivity index (χ1n) is 9.21. The van der Waals surface area contributed by atoms with Gasteiger partial charge in [-0.1, -0.05) is 6.58 Å². The van der Waals surface area contributed by atoms with Crippen molar-refractivity contribution in [2.24, 2.45) is 0 Å². The minimum atomic E-state index is -4.76. The lowest BCUT2D eigenvalue weighted by molar-refractivity contribution is -0.141. The summed E-state index contributed by atoms with van der Waals surface area (Å²) in [5.74, 6) is -1.61. The fraction of sp³-hybridized carbons (Fsp3) is 0.421. The maximum atomic E-state index is 14.1. The number of halogens is 7. The molecule has 0 bridgehead atoms. The van der Waals surface area contributed by atoms with Gasteiger partial charge in [0.05, 0.1) is 23.6 Å². The molecule has 12 heteroatoms. The number of rotatable bonds is 6. The van der Waals surface area contributed by atoms with Crippen LogP contribution in [-0.2, 0) is 17.5 Å². The molecule has 0 saturated heterocycles. The number of aryl methyl sites for hydroxylation is 1. The van der Waals surface area contributed by atoms with Crippen LogP contribution in [0.1, 0.15) is 43.1 Å². The summed E-state index contributed by atoms with van der Waals surface area (Å²) in [6, 6.07) is 1.34. The van der Waals surface area contributed by atoms with Gasteiger partial charge < -0.3 is 5.32 Å². The molecule has 1 aliphatic rings. The standard InChI is InChI=1S/C19H17F7N4O/c1-10(3-2-5-18(21,22)23)17(31)28-13-4-6-30-15(13)8-14(29-30)11-7-16(19(24,25)26)27-9-12(11)20/h7-9,13H,1-6H2,(H,28,31). The third-order valence-electron chi connectivity index (χ3n) is 4.78. The summed E-state index contributed by atoms with van der Waals surface area (Å²) in [5.41, 5.74) is -1.28. The summed E-state index contributed by atoms with van der Waals surface area (Å²) < 4.78 is 90.8. The number of carbonyl (C=O) groups excluding carboxylic acids is 1. The molecule has 5 nitrogen and oxygen atoms in total. The second-order valence-electron chi connectivity index (χ2n) is 7.11. The van der Waals surface area contributed by atoms with E-state index in [9.17, 15) is 35.5 Å². The van der Waals surface area contributed by atoms with Crippen LogP contribution in [0.3, 0.4) is 0 Å². The SMILES string of the molecule is C=C(CCCC(F)(F)F)C(=O)NC1CCn2nc(-c3cc(C(F)(F)F)ncc3F)cc21. The average molecular weight is 450 g/mol. The Labute approximate surface area is 172 Å². The highest BCUT2D eigenvalue weighted by molar-refractivity contribution is 5.93. The van der Waals surface area contributed by atoms with Gasteiger partial charge in [0.1, 0.15) is 5.69 Å². The third kappa shape index (κ3) is 5.42. The Kier molecular flexibility index (Phi) is 6.10. The molecule has 2 aromatic heterocycles. The third-order valence-corrected chi connectivity index (χ3v) is 4.78. The van der Waals surface area contributed by atoms with Gasteiger partial charge in [0.2, 0.25) is 5.91 Å². The number of aromatic nitrogens is 3. The zero-order valence-electron chi connectivity index (χ0n) is 15.9. The van der Waals surface area contributed by atoms with Gasteiger partial charge in [-0.2, -0.15) is 31.4 Å². The largest absolute Gasteiger partial charge is 0.433 e. The van der Waals surface area contributed by atoms with Crippen LogP contribution in [0.4, 0.5) is 30.7 Å². The summed E-state index contributed by atoms with van der Waals surface area (Å²) >= 11 is 0. The number of alkyl halides is 6. The molecule has 1 amide bonds.